The van der Waals surface area contributed by atoms with E-state index >= 15 is 0 Å². The zero-order valence-electron chi connectivity index (χ0n) is 14.7. The molecule has 2 aromatic carbocycles. The fourth-order valence-electron chi connectivity index (χ4n) is 3.53. The third kappa shape index (κ3) is 3.97. The van der Waals surface area contributed by atoms with E-state index in [1.54, 1.807) is 12.1 Å². The van der Waals surface area contributed by atoms with Crippen LogP contribution in [-0.2, 0) is 6.54 Å². The summed E-state index contributed by atoms with van der Waals surface area (Å²) in [5, 5.41) is 22.4. The zero-order valence-corrected chi connectivity index (χ0v) is 14.7. The summed E-state index contributed by atoms with van der Waals surface area (Å²) in [6, 6.07) is 13.7. The first-order valence-electron chi connectivity index (χ1n) is 8.78. The number of rotatable bonds is 5. The molecule has 0 bridgehead atoms. The van der Waals surface area contributed by atoms with Gasteiger partial charge in [0.2, 0.25) is 0 Å². The Morgan fingerprint density at radius 2 is 1.88 bits per heavy atom. The first-order valence-corrected chi connectivity index (χ1v) is 8.78. The molecule has 4 heteroatoms. The van der Waals surface area contributed by atoms with Gasteiger partial charge in [0.1, 0.15) is 0 Å². The molecule has 0 aromatic heterocycles. The summed E-state index contributed by atoms with van der Waals surface area (Å²) < 4.78 is 0. The molecular formula is C21H26N2O2. The minimum atomic E-state index is -0.102. The number of phenols is 2. The monoisotopic (exact) mass is 338 g/mol. The van der Waals surface area contributed by atoms with Crippen molar-refractivity contribution in [2.45, 2.75) is 25.3 Å². The highest BCUT2D eigenvalue weighted by Crippen LogP contribution is 2.34. The van der Waals surface area contributed by atoms with Crippen molar-refractivity contribution in [3.8, 4) is 11.5 Å². The van der Waals surface area contributed by atoms with Crippen LogP contribution in [0.3, 0.4) is 0 Å². The molecule has 1 heterocycles. The van der Waals surface area contributed by atoms with Crippen LogP contribution in [0.5, 0.6) is 11.5 Å². The summed E-state index contributed by atoms with van der Waals surface area (Å²) in [5.41, 5.74) is 4.49. The highest BCUT2D eigenvalue weighted by Gasteiger charge is 2.22. The van der Waals surface area contributed by atoms with Crippen LogP contribution in [-0.4, -0.2) is 35.3 Å². The van der Waals surface area contributed by atoms with Gasteiger partial charge in [0.05, 0.1) is 0 Å². The molecule has 0 spiro atoms. The minimum absolute atomic E-state index is 0.100. The molecule has 1 fully saturated rings. The average Bonchev–Trinajstić information content (AvgIpc) is 2.64. The Morgan fingerprint density at radius 1 is 1.12 bits per heavy atom. The van der Waals surface area contributed by atoms with E-state index in [2.05, 4.69) is 41.1 Å². The second-order valence-corrected chi connectivity index (χ2v) is 6.69. The summed E-state index contributed by atoms with van der Waals surface area (Å²) in [4.78, 5) is 2.26. The number of hydrogen-bond acceptors (Lipinski definition) is 4. The number of piperidine rings is 1. The van der Waals surface area contributed by atoms with Crippen molar-refractivity contribution in [3.63, 3.8) is 0 Å². The third-order valence-electron chi connectivity index (χ3n) is 4.99. The highest BCUT2D eigenvalue weighted by molar-refractivity contribution is 5.64. The minimum Gasteiger partial charge on any atom is -0.504 e. The molecule has 0 amide bonds. The van der Waals surface area contributed by atoms with Crippen molar-refractivity contribution >= 4 is 5.70 Å². The fraction of sp³-hybridized carbons (Fsp3) is 0.333. The predicted octanol–water partition coefficient (Wildman–Crippen LogP) is 3.67. The Morgan fingerprint density at radius 3 is 2.56 bits per heavy atom. The molecule has 132 valence electrons. The Labute approximate surface area is 149 Å². The van der Waals surface area contributed by atoms with Gasteiger partial charge in [-0.25, -0.2) is 0 Å². The second kappa shape index (κ2) is 7.62. The van der Waals surface area contributed by atoms with Gasteiger partial charge >= 0.3 is 0 Å². The molecule has 1 saturated heterocycles. The number of aromatic hydroxyl groups is 2. The van der Waals surface area contributed by atoms with E-state index < -0.39 is 0 Å². The van der Waals surface area contributed by atoms with Crippen molar-refractivity contribution in [2.75, 3.05) is 20.1 Å². The second-order valence-electron chi connectivity index (χ2n) is 6.69. The molecule has 0 saturated carbocycles. The Bertz CT molecular complexity index is 749. The topological polar surface area (TPSA) is 55.7 Å². The van der Waals surface area contributed by atoms with Gasteiger partial charge in [0.15, 0.2) is 11.5 Å². The van der Waals surface area contributed by atoms with Gasteiger partial charge in [0.25, 0.3) is 0 Å². The van der Waals surface area contributed by atoms with Crippen LogP contribution >= 0.6 is 0 Å². The fourth-order valence-corrected chi connectivity index (χ4v) is 3.53. The zero-order chi connectivity index (χ0) is 17.8. The average molecular weight is 338 g/mol. The predicted molar refractivity (Wildman–Crippen MR) is 102 cm³/mol. The van der Waals surface area contributed by atoms with Crippen LogP contribution in [0.4, 0.5) is 0 Å². The van der Waals surface area contributed by atoms with Gasteiger partial charge in [-0.1, -0.05) is 30.8 Å². The van der Waals surface area contributed by atoms with Gasteiger partial charge in [-0.3, -0.25) is 0 Å². The molecule has 2 aromatic rings. The maximum absolute atomic E-state index is 9.69. The van der Waals surface area contributed by atoms with Crippen LogP contribution in [0.2, 0.25) is 0 Å². The van der Waals surface area contributed by atoms with Gasteiger partial charge in [0, 0.05) is 30.9 Å². The van der Waals surface area contributed by atoms with E-state index in [9.17, 15) is 10.2 Å². The molecule has 0 unspecified atom stereocenters. The SMILES string of the molecule is C=C(c1ccc(O)c(O)c1)N1CCC(c2cccc(CNC)c2)CC1. The lowest BCUT2D eigenvalue weighted by atomic mass is 9.88. The van der Waals surface area contributed by atoms with Gasteiger partial charge < -0.3 is 20.4 Å². The van der Waals surface area contributed by atoms with Gasteiger partial charge in [-0.15, -0.1) is 0 Å². The number of hydrogen-bond donors (Lipinski definition) is 3. The number of nitrogens with one attached hydrogen (secondary N) is 1. The lowest BCUT2D eigenvalue weighted by Crippen LogP contribution is -2.31. The smallest absolute Gasteiger partial charge is 0.158 e. The maximum atomic E-state index is 9.69. The summed E-state index contributed by atoms with van der Waals surface area (Å²) in [5.74, 6) is 0.376. The van der Waals surface area contributed by atoms with Crippen LogP contribution in [0.15, 0.2) is 49.0 Å². The van der Waals surface area contributed by atoms with Crippen LogP contribution in [0, 0.1) is 0 Å². The lowest BCUT2D eigenvalue weighted by molar-refractivity contribution is 0.299. The molecule has 0 aliphatic carbocycles. The normalized spacial score (nSPS) is 15.3. The molecule has 3 N–H and O–H groups in total. The summed E-state index contributed by atoms with van der Waals surface area (Å²) in [7, 11) is 1.97. The summed E-state index contributed by atoms with van der Waals surface area (Å²) in [6.45, 7) is 6.97. The van der Waals surface area contributed by atoms with Crippen molar-refractivity contribution in [1.29, 1.82) is 0 Å². The Kier molecular flexibility index (Phi) is 5.29. The first kappa shape index (κ1) is 17.4. The standard InChI is InChI=1S/C21H26N2O2/c1-15(18-6-7-20(24)21(25)13-18)23-10-8-17(9-11-23)19-5-3-4-16(12-19)14-22-2/h3-7,12-13,17,22,24-25H,1,8-11,14H2,2H3. The molecule has 1 aliphatic rings. The van der Waals surface area contributed by atoms with Crippen LogP contribution < -0.4 is 5.32 Å². The number of phenolic OH excluding ortho intramolecular Hbond substituents is 2. The molecule has 4 nitrogen and oxygen atoms in total. The quantitative estimate of drug-likeness (QED) is 0.728. The molecule has 25 heavy (non-hydrogen) atoms. The maximum Gasteiger partial charge on any atom is 0.158 e. The van der Waals surface area contributed by atoms with Crippen LogP contribution in [0.25, 0.3) is 5.70 Å². The molecule has 1 aliphatic heterocycles. The number of nitrogens with zero attached hydrogens (tertiary/aromatic N) is 1. The van der Waals surface area contributed by atoms with E-state index in [0.29, 0.717) is 5.92 Å². The molecular weight excluding hydrogens is 312 g/mol. The highest BCUT2D eigenvalue weighted by atomic mass is 16.3. The third-order valence-corrected chi connectivity index (χ3v) is 4.99. The Balaban J connectivity index is 1.64. The van der Waals surface area contributed by atoms with E-state index in [0.717, 1.165) is 43.7 Å². The van der Waals surface area contributed by atoms with Crippen molar-refractivity contribution in [1.82, 2.24) is 10.2 Å². The molecule has 3 rings (SSSR count). The number of likely N-dealkylation sites (tertiary alicyclic amines) is 1. The van der Waals surface area contributed by atoms with Crippen molar-refractivity contribution in [2.24, 2.45) is 0 Å². The Hall–Kier alpha value is -2.46. The lowest BCUT2D eigenvalue weighted by Gasteiger charge is -2.35. The van der Waals surface area contributed by atoms with E-state index in [1.807, 2.05) is 7.05 Å². The molecule has 0 radical (unpaired) electrons. The van der Waals surface area contributed by atoms with E-state index in [-0.39, 0.29) is 11.5 Å². The summed E-state index contributed by atoms with van der Waals surface area (Å²) >= 11 is 0. The first-order chi connectivity index (χ1) is 12.1. The van der Waals surface area contributed by atoms with Gasteiger partial charge in [-0.05, 0) is 55.1 Å². The largest absolute Gasteiger partial charge is 0.504 e. The van der Waals surface area contributed by atoms with Crippen LogP contribution in [0.1, 0.15) is 35.4 Å². The molecule has 0 atom stereocenters. The van der Waals surface area contributed by atoms with E-state index in [4.69, 9.17) is 0 Å². The van der Waals surface area contributed by atoms with Gasteiger partial charge in [-0.2, -0.15) is 0 Å². The van der Waals surface area contributed by atoms with Crippen molar-refractivity contribution in [3.05, 3.63) is 65.7 Å². The summed E-state index contributed by atoms with van der Waals surface area (Å²) in [6.07, 6.45) is 2.18. The number of benzene rings is 2. The van der Waals surface area contributed by atoms with Crippen molar-refractivity contribution < 1.29 is 10.2 Å². The van der Waals surface area contributed by atoms with E-state index in [1.165, 1.54) is 17.2 Å².